The summed E-state index contributed by atoms with van der Waals surface area (Å²) in [5.74, 6) is 0.706. The fourth-order valence-electron chi connectivity index (χ4n) is 3.51. The highest BCUT2D eigenvalue weighted by molar-refractivity contribution is 5.84. The summed E-state index contributed by atoms with van der Waals surface area (Å²) >= 11 is 0. The molecule has 3 aromatic heterocycles. The second kappa shape index (κ2) is 8.86. The van der Waals surface area contributed by atoms with Crippen molar-refractivity contribution in [3.63, 3.8) is 0 Å². The molecule has 0 spiro atoms. The summed E-state index contributed by atoms with van der Waals surface area (Å²) < 4.78 is 40.0. The van der Waals surface area contributed by atoms with Crippen LogP contribution in [-0.2, 0) is 4.74 Å². The first-order chi connectivity index (χ1) is 16.1. The van der Waals surface area contributed by atoms with E-state index in [1.54, 1.807) is 30.3 Å². The SMILES string of the molecule is COc1cccc2c1nc(C(F)F)n2-c1nc(Nc2cccnn2)nc(N2CCOCC2)n1. The predicted octanol–water partition coefficient (Wildman–Crippen LogP) is 2.53. The van der Waals surface area contributed by atoms with Gasteiger partial charge in [0.1, 0.15) is 11.3 Å². The summed E-state index contributed by atoms with van der Waals surface area (Å²) in [6, 6.07) is 8.39. The van der Waals surface area contributed by atoms with Crippen molar-refractivity contribution >= 4 is 28.7 Å². The standard InChI is InChI=1S/C20H19F2N9O2/c1-32-13-5-2-4-12-15(13)25-17(16(21)22)31(12)20-27-18(24-14-6-3-7-23-29-14)26-19(28-20)30-8-10-33-11-9-30/h2-7,16H,8-11H2,1H3,(H,24,26,27,28,29). The van der Waals surface area contributed by atoms with Crippen LogP contribution in [0.2, 0.25) is 0 Å². The van der Waals surface area contributed by atoms with Gasteiger partial charge in [-0.3, -0.25) is 4.57 Å². The highest BCUT2D eigenvalue weighted by atomic mass is 19.3. The van der Waals surface area contributed by atoms with E-state index in [0.29, 0.717) is 49.3 Å². The Labute approximate surface area is 186 Å². The lowest BCUT2D eigenvalue weighted by molar-refractivity contribution is 0.122. The van der Waals surface area contributed by atoms with Crippen molar-refractivity contribution in [2.24, 2.45) is 0 Å². The number of nitrogens with zero attached hydrogens (tertiary/aromatic N) is 8. The first kappa shape index (κ1) is 20.9. The Balaban J connectivity index is 1.69. The average Bonchev–Trinajstić information content (AvgIpc) is 3.25. The van der Waals surface area contributed by atoms with Crippen molar-refractivity contribution in [2.75, 3.05) is 43.6 Å². The highest BCUT2D eigenvalue weighted by Crippen LogP contribution is 2.32. The number of nitrogens with one attached hydrogen (secondary N) is 1. The summed E-state index contributed by atoms with van der Waals surface area (Å²) in [6.45, 7) is 2.10. The molecule has 33 heavy (non-hydrogen) atoms. The predicted molar refractivity (Wildman–Crippen MR) is 114 cm³/mol. The van der Waals surface area contributed by atoms with Crippen molar-refractivity contribution in [1.29, 1.82) is 0 Å². The van der Waals surface area contributed by atoms with Crippen LogP contribution in [0.4, 0.5) is 26.5 Å². The number of benzene rings is 1. The van der Waals surface area contributed by atoms with Crippen molar-refractivity contribution in [3.8, 4) is 11.7 Å². The zero-order valence-corrected chi connectivity index (χ0v) is 17.5. The molecule has 1 aliphatic rings. The maximum atomic E-state index is 14.0. The van der Waals surface area contributed by atoms with Crippen LogP contribution in [0.25, 0.3) is 17.0 Å². The molecule has 4 heterocycles. The fraction of sp³-hybridized carbons (Fsp3) is 0.300. The zero-order valence-electron chi connectivity index (χ0n) is 17.5. The van der Waals surface area contributed by atoms with Crippen LogP contribution in [0.3, 0.4) is 0 Å². The third-order valence-corrected chi connectivity index (χ3v) is 5.01. The summed E-state index contributed by atoms with van der Waals surface area (Å²) in [5, 5.41) is 10.8. The molecule has 4 aromatic rings. The van der Waals surface area contributed by atoms with Gasteiger partial charge < -0.3 is 19.7 Å². The van der Waals surface area contributed by atoms with Gasteiger partial charge in [-0.25, -0.2) is 13.8 Å². The van der Waals surface area contributed by atoms with Crippen molar-refractivity contribution in [1.82, 2.24) is 34.7 Å². The highest BCUT2D eigenvalue weighted by Gasteiger charge is 2.25. The Morgan fingerprint density at radius 2 is 1.85 bits per heavy atom. The molecule has 0 aliphatic carbocycles. The lowest BCUT2D eigenvalue weighted by Gasteiger charge is -2.27. The van der Waals surface area contributed by atoms with E-state index in [1.807, 2.05) is 4.90 Å². The van der Waals surface area contributed by atoms with E-state index in [-0.39, 0.29) is 17.4 Å². The molecule has 13 heteroatoms. The maximum Gasteiger partial charge on any atom is 0.296 e. The van der Waals surface area contributed by atoms with Crippen LogP contribution in [0.5, 0.6) is 5.75 Å². The van der Waals surface area contributed by atoms with Crippen LogP contribution in [-0.4, -0.2) is 68.1 Å². The van der Waals surface area contributed by atoms with Gasteiger partial charge in [-0.15, -0.1) is 5.10 Å². The molecule has 0 unspecified atom stereocenters. The number of para-hydroxylation sites is 1. The molecule has 0 radical (unpaired) electrons. The number of fused-ring (bicyclic) bond motifs is 1. The van der Waals surface area contributed by atoms with Gasteiger partial charge >= 0.3 is 0 Å². The summed E-state index contributed by atoms with van der Waals surface area (Å²) in [7, 11) is 1.46. The molecule has 170 valence electrons. The van der Waals surface area contributed by atoms with Crippen LogP contribution >= 0.6 is 0 Å². The molecule has 1 fully saturated rings. The number of methoxy groups -OCH3 is 1. The Hall–Kier alpha value is -4.00. The molecule has 1 N–H and O–H groups in total. The smallest absolute Gasteiger partial charge is 0.296 e. The van der Waals surface area contributed by atoms with E-state index in [4.69, 9.17) is 9.47 Å². The first-order valence-corrected chi connectivity index (χ1v) is 10.1. The molecule has 1 aliphatic heterocycles. The number of morpholine rings is 1. The van der Waals surface area contributed by atoms with Gasteiger partial charge in [0.25, 0.3) is 6.43 Å². The quantitative estimate of drug-likeness (QED) is 0.465. The van der Waals surface area contributed by atoms with E-state index in [0.717, 1.165) is 0 Å². The monoisotopic (exact) mass is 455 g/mol. The molecule has 11 nitrogen and oxygen atoms in total. The van der Waals surface area contributed by atoms with Crippen LogP contribution < -0.4 is 15.0 Å². The van der Waals surface area contributed by atoms with Gasteiger partial charge in [0.15, 0.2) is 11.6 Å². The van der Waals surface area contributed by atoms with Gasteiger partial charge in [0, 0.05) is 19.3 Å². The molecule has 0 bridgehead atoms. The average molecular weight is 455 g/mol. The number of alkyl halides is 2. The normalized spacial score (nSPS) is 14.1. The van der Waals surface area contributed by atoms with E-state index >= 15 is 0 Å². The van der Waals surface area contributed by atoms with Crippen molar-refractivity contribution < 1.29 is 18.3 Å². The number of imidazole rings is 1. The van der Waals surface area contributed by atoms with Crippen LogP contribution in [0, 0.1) is 0 Å². The van der Waals surface area contributed by atoms with Gasteiger partial charge in [-0.1, -0.05) is 6.07 Å². The fourth-order valence-corrected chi connectivity index (χ4v) is 3.51. The number of aromatic nitrogens is 7. The summed E-state index contributed by atoms with van der Waals surface area (Å²) in [5.41, 5.74) is 0.668. The van der Waals surface area contributed by atoms with Gasteiger partial charge in [0.05, 0.1) is 25.8 Å². The molecular weight excluding hydrogens is 436 g/mol. The Morgan fingerprint density at radius 3 is 2.58 bits per heavy atom. The van der Waals surface area contributed by atoms with Crippen molar-refractivity contribution in [2.45, 2.75) is 6.43 Å². The van der Waals surface area contributed by atoms with Gasteiger partial charge in [-0.2, -0.15) is 20.1 Å². The van der Waals surface area contributed by atoms with E-state index in [2.05, 4.69) is 35.5 Å². The second-order valence-electron chi connectivity index (χ2n) is 7.03. The first-order valence-electron chi connectivity index (χ1n) is 10.1. The molecule has 1 aromatic carbocycles. The molecule has 1 saturated heterocycles. The third kappa shape index (κ3) is 4.09. The number of rotatable bonds is 6. The second-order valence-corrected chi connectivity index (χ2v) is 7.03. The number of halogens is 2. The summed E-state index contributed by atoms with van der Waals surface area (Å²) in [4.78, 5) is 19.4. The Bertz CT molecular complexity index is 1260. The number of hydrogen-bond acceptors (Lipinski definition) is 10. The largest absolute Gasteiger partial charge is 0.494 e. The molecule has 5 rings (SSSR count). The lowest BCUT2D eigenvalue weighted by Crippen LogP contribution is -2.37. The topological polar surface area (TPSA) is 116 Å². The number of anilines is 3. The minimum absolute atomic E-state index is 0.0102. The molecule has 0 saturated carbocycles. The molecule has 0 atom stereocenters. The zero-order chi connectivity index (χ0) is 22.8. The molecule has 0 amide bonds. The maximum absolute atomic E-state index is 14.0. The minimum Gasteiger partial charge on any atom is -0.494 e. The summed E-state index contributed by atoms with van der Waals surface area (Å²) in [6.07, 6.45) is -1.34. The van der Waals surface area contributed by atoms with Gasteiger partial charge in [0.2, 0.25) is 17.8 Å². The van der Waals surface area contributed by atoms with Gasteiger partial charge in [-0.05, 0) is 24.3 Å². The third-order valence-electron chi connectivity index (χ3n) is 5.01. The van der Waals surface area contributed by atoms with E-state index in [1.165, 1.54) is 17.9 Å². The minimum atomic E-state index is -2.87. The van der Waals surface area contributed by atoms with Crippen LogP contribution in [0.15, 0.2) is 36.5 Å². The lowest BCUT2D eigenvalue weighted by atomic mass is 10.3. The Morgan fingerprint density at radius 1 is 1.03 bits per heavy atom. The van der Waals surface area contributed by atoms with Crippen molar-refractivity contribution in [3.05, 3.63) is 42.4 Å². The number of ether oxygens (including phenoxy) is 2. The van der Waals surface area contributed by atoms with Crippen LogP contribution in [0.1, 0.15) is 12.2 Å². The van der Waals surface area contributed by atoms with E-state index in [9.17, 15) is 8.78 Å². The Kier molecular flexibility index (Phi) is 5.60. The number of hydrogen-bond donors (Lipinski definition) is 1. The van der Waals surface area contributed by atoms with E-state index < -0.39 is 12.2 Å². The molecular formula is C20H19F2N9O2.